The van der Waals surface area contributed by atoms with Gasteiger partial charge in [0.05, 0.1) is 17.9 Å². The second kappa shape index (κ2) is 12.9. The predicted octanol–water partition coefficient (Wildman–Crippen LogP) is 3.52. The third-order valence-corrected chi connectivity index (χ3v) is 8.88. The minimum atomic E-state index is -3.60. The summed E-state index contributed by atoms with van der Waals surface area (Å²) in [5.41, 5.74) is 8.44. The Balaban J connectivity index is 1.33. The Morgan fingerprint density at radius 2 is 1.56 bits per heavy atom. The van der Waals surface area contributed by atoms with Crippen LogP contribution < -0.4 is 15.4 Å². The number of hydrogen-bond acceptors (Lipinski definition) is 5. The van der Waals surface area contributed by atoms with Crippen LogP contribution in [0.3, 0.4) is 0 Å². The lowest BCUT2D eigenvalue weighted by molar-refractivity contribution is -0.121. The SMILES string of the molecule is C[C@@H](CN(c1ccccc1)S(=O)(=O)Cc1ccccc1)N1CCC(NC(=O)Cc2ccc(C(=N)N)cc2)CC1. The second-order valence-corrected chi connectivity index (χ2v) is 12.0. The van der Waals surface area contributed by atoms with E-state index in [1.807, 2.05) is 72.8 Å². The van der Waals surface area contributed by atoms with Crippen molar-refractivity contribution in [1.82, 2.24) is 10.2 Å². The first-order valence-electron chi connectivity index (χ1n) is 13.3. The quantitative estimate of drug-likeness (QED) is 0.251. The van der Waals surface area contributed by atoms with Crippen molar-refractivity contribution in [1.29, 1.82) is 5.41 Å². The van der Waals surface area contributed by atoms with E-state index in [0.717, 1.165) is 37.1 Å². The monoisotopic (exact) mass is 547 g/mol. The Labute approximate surface area is 231 Å². The number of benzene rings is 3. The molecule has 3 aromatic rings. The van der Waals surface area contributed by atoms with Gasteiger partial charge in [0.15, 0.2) is 0 Å². The molecule has 0 bridgehead atoms. The molecule has 1 fully saturated rings. The molecule has 3 aromatic carbocycles. The summed E-state index contributed by atoms with van der Waals surface area (Å²) >= 11 is 0. The molecular formula is C30H37N5O3S. The van der Waals surface area contributed by atoms with E-state index >= 15 is 0 Å². The van der Waals surface area contributed by atoms with Gasteiger partial charge >= 0.3 is 0 Å². The summed E-state index contributed by atoms with van der Waals surface area (Å²) in [7, 11) is -3.60. The van der Waals surface area contributed by atoms with Crippen molar-refractivity contribution in [3.05, 3.63) is 102 Å². The van der Waals surface area contributed by atoms with Crippen LogP contribution in [0.25, 0.3) is 0 Å². The molecular weight excluding hydrogens is 510 g/mol. The van der Waals surface area contributed by atoms with Crippen LogP contribution in [-0.4, -0.2) is 56.8 Å². The van der Waals surface area contributed by atoms with Crippen LogP contribution in [0.15, 0.2) is 84.9 Å². The molecule has 0 radical (unpaired) electrons. The van der Waals surface area contributed by atoms with E-state index in [-0.39, 0.29) is 36.0 Å². The average molecular weight is 548 g/mol. The first kappa shape index (κ1) is 28.3. The number of likely N-dealkylation sites (tertiary alicyclic amines) is 1. The lowest BCUT2D eigenvalue weighted by Gasteiger charge is -2.38. The van der Waals surface area contributed by atoms with Crippen LogP contribution in [0.2, 0.25) is 0 Å². The lowest BCUT2D eigenvalue weighted by Crippen LogP contribution is -2.51. The molecule has 1 heterocycles. The van der Waals surface area contributed by atoms with Gasteiger partial charge in [-0.15, -0.1) is 0 Å². The summed E-state index contributed by atoms with van der Waals surface area (Å²) in [6.45, 7) is 3.98. The molecule has 0 spiro atoms. The van der Waals surface area contributed by atoms with Gasteiger partial charge < -0.3 is 11.1 Å². The summed E-state index contributed by atoms with van der Waals surface area (Å²) < 4.78 is 28.6. The molecule has 1 aliphatic heterocycles. The maximum absolute atomic E-state index is 13.5. The zero-order chi connectivity index (χ0) is 27.8. The number of carbonyl (C=O) groups is 1. The van der Waals surface area contributed by atoms with Crippen molar-refractivity contribution in [2.24, 2.45) is 5.73 Å². The Bertz CT molecular complexity index is 1340. The molecule has 39 heavy (non-hydrogen) atoms. The first-order chi connectivity index (χ1) is 18.7. The van der Waals surface area contributed by atoms with Gasteiger partial charge in [-0.2, -0.15) is 0 Å². The smallest absolute Gasteiger partial charge is 0.239 e. The molecule has 9 heteroatoms. The van der Waals surface area contributed by atoms with Crippen molar-refractivity contribution in [2.75, 3.05) is 23.9 Å². The maximum Gasteiger partial charge on any atom is 0.239 e. The molecule has 0 aliphatic carbocycles. The van der Waals surface area contributed by atoms with E-state index in [1.165, 1.54) is 4.31 Å². The molecule has 0 unspecified atom stereocenters. The number of nitrogens with two attached hydrogens (primary N) is 1. The number of nitrogen functional groups attached to an aromatic ring is 1. The minimum absolute atomic E-state index is 0.00666. The van der Waals surface area contributed by atoms with E-state index in [9.17, 15) is 13.2 Å². The van der Waals surface area contributed by atoms with E-state index in [4.69, 9.17) is 11.1 Å². The number of anilines is 1. The van der Waals surface area contributed by atoms with E-state index < -0.39 is 10.0 Å². The fraction of sp³-hybridized carbons (Fsp3) is 0.333. The van der Waals surface area contributed by atoms with Gasteiger partial charge in [0, 0.05) is 37.3 Å². The van der Waals surface area contributed by atoms with E-state index in [0.29, 0.717) is 17.8 Å². The molecule has 4 N–H and O–H groups in total. The molecule has 1 aliphatic rings. The standard InChI is InChI=1S/C30H37N5O3S/c1-23(21-35(28-10-6-3-7-11-28)39(37,38)22-25-8-4-2-5-9-25)34-18-16-27(17-19-34)33-29(36)20-24-12-14-26(15-13-24)30(31)32/h2-15,23,27H,16-22H2,1H3,(H3,31,32)(H,33,36)/t23-/m0/s1. The first-order valence-corrected chi connectivity index (χ1v) is 14.9. The number of amides is 1. The van der Waals surface area contributed by atoms with E-state index in [1.54, 1.807) is 12.1 Å². The number of carbonyl (C=O) groups excluding carboxylic acids is 1. The average Bonchev–Trinajstić information content (AvgIpc) is 2.93. The number of hydrogen-bond donors (Lipinski definition) is 3. The summed E-state index contributed by atoms with van der Waals surface area (Å²) in [6, 6.07) is 25.8. The van der Waals surface area contributed by atoms with Gasteiger partial charge in [-0.1, -0.05) is 72.8 Å². The molecule has 0 saturated carbocycles. The van der Waals surface area contributed by atoms with Gasteiger partial charge in [0.2, 0.25) is 15.9 Å². The minimum Gasteiger partial charge on any atom is -0.384 e. The molecule has 206 valence electrons. The Morgan fingerprint density at radius 3 is 2.15 bits per heavy atom. The van der Waals surface area contributed by atoms with Crippen LogP contribution in [0, 0.1) is 5.41 Å². The largest absolute Gasteiger partial charge is 0.384 e. The highest BCUT2D eigenvalue weighted by Gasteiger charge is 2.29. The molecule has 0 aromatic heterocycles. The fourth-order valence-corrected chi connectivity index (χ4v) is 6.60. The van der Waals surface area contributed by atoms with Crippen molar-refractivity contribution in [3.8, 4) is 0 Å². The highest BCUT2D eigenvalue weighted by atomic mass is 32.2. The number of nitrogens with one attached hydrogen (secondary N) is 2. The highest BCUT2D eigenvalue weighted by molar-refractivity contribution is 7.92. The summed E-state index contributed by atoms with van der Waals surface area (Å²) in [6.07, 6.45) is 1.89. The van der Waals surface area contributed by atoms with Crippen molar-refractivity contribution in [3.63, 3.8) is 0 Å². The number of para-hydroxylation sites is 1. The summed E-state index contributed by atoms with van der Waals surface area (Å²) in [5, 5.41) is 10.6. The van der Waals surface area contributed by atoms with Gasteiger partial charge in [0.25, 0.3) is 0 Å². The van der Waals surface area contributed by atoms with Crippen LogP contribution in [0.1, 0.15) is 36.5 Å². The molecule has 1 saturated heterocycles. The molecule has 1 amide bonds. The summed E-state index contributed by atoms with van der Waals surface area (Å²) in [5.74, 6) is -0.0758. The predicted molar refractivity (Wildman–Crippen MR) is 156 cm³/mol. The van der Waals surface area contributed by atoms with Crippen LogP contribution >= 0.6 is 0 Å². The number of nitrogens with zero attached hydrogens (tertiary/aromatic N) is 2. The molecule has 1 atom stereocenters. The Morgan fingerprint density at radius 1 is 0.974 bits per heavy atom. The van der Waals surface area contributed by atoms with Crippen LogP contribution in [0.5, 0.6) is 0 Å². The van der Waals surface area contributed by atoms with Crippen LogP contribution in [-0.2, 0) is 27.0 Å². The van der Waals surface area contributed by atoms with Gasteiger partial charge in [-0.05, 0) is 43.0 Å². The zero-order valence-corrected chi connectivity index (χ0v) is 23.1. The number of piperidine rings is 1. The third kappa shape index (κ3) is 7.91. The summed E-state index contributed by atoms with van der Waals surface area (Å²) in [4.78, 5) is 14.9. The van der Waals surface area contributed by atoms with Crippen LogP contribution in [0.4, 0.5) is 5.69 Å². The number of sulfonamides is 1. The molecule has 4 rings (SSSR count). The normalized spacial score (nSPS) is 15.4. The highest BCUT2D eigenvalue weighted by Crippen LogP contribution is 2.23. The maximum atomic E-state index is 13.5. The third-order valence-electron chi connectivity index (χ3n) is 7.15. The molecule has 8 nitrogen and oxygen atoms in total. The van der Waals surface area contributed by atoms with E-state index in [2.05, 4.69) is 17.1 Å². The lowest BCUT2D eigenvalue weighted by atomic mass is 10.0. The zero-order valence-electron chi connectivity index (χ0n) is 22.3. The van der Waals surface area contributed by atoms with Crippen molar-refractivity contribution in [2.45, 2.75) is 44.0 Å². The number of rotatable bonds is 11. The topological polar surface area (TPSA) is 120 Å². The Kier molecular flexibility index (Phi) is 9.37. The second-order valence-electron chi connectivity index (χ2n) is 10.1. The van der Waals surface area contributed by atoms with Gasteiger partial charge in [-0.25, -0.2) is 8.42 Å². The van der Waals surface area contributed by atoms with Crippen molar-refractivity contribution >= 4 is 27.5 Å². The number of amidine groups is 1. The fourth-order valence-electron chi connectivity index (χ4n) is 4.94. The van der Waals surface area contributed by atoms with Crippen molar-refractivity contribution < 1.29 is 13.2 Å². The Hall–Kier alpha value is -3.69. The van der Waals surface area contributed by atoms with Gasteiger partial charge in [-0.3, -0.25) is 19.4 Å². The van der Waals surface area contributed by atoms with Gasteiger partial charge in [0.1, 0.15) is 5.84 Å².